The largest absolute Gasteiger partial charge is 0.396 e. The van der Waals surface area contributed by atoms with E-state index in [0.29, 0.717) is 12.8 Å². The van der Waals surface area contributed by atoms with Crippen LogP contribution in [0, 0.1) is 5.41 Å². The maximum absolute atomic E-state index is 13.0. The van der Waals surface area contributed by atoms with E-state index in [1.165, 1.54) is 5.56 Å². The van der Waals surface area contributed by atoms with Gasteiger partial charge in [-0.25, -0.2) is 0 Å². The molecule has 26 heavy (non-hydrogen) atoms. The fourth-order valence-corrected chi connectivity index (χ4v) is 5.00. The Labute approximate surface area is 154 Å². The molecule has 0 unspecified atom stereocenters. The molecule has 4 heteroatoms. The number of amides is 1. The number of rotatable bonds is 6. The van der Waals surface area contributed by atoms with E-state index in [0.717, 1.165) is 31.4 Å². The van der Waals surface area contributed by atoms with Gasteiger partial charge in [0.15, 0.2) is 0 Å². The molecule has 2 fully saturated rings. The predicted molar refractivity (Wildman–Crippen MR) is 100 cm³/mol. The Morgan fingerprint density at radius 3 is 2.69 bits per heavy atom. The average Bonchev–Trinajstić information content (AvgIpc) is 3.24. The highest BCUT2D eigenvalue weighted by atomic mass is 16.3. The van der Waals surface area contributed by atoms with Gasteiger partial charge in [-0.15, -0.1) is 0 Å². The van der Waals surface area contributed by atoms with Crippen molar-refractivity contribution in [1.29, 1.82) is 0 Å². The fraction of sp³-hybridized carbons (Fsp3) is 0.455. The molecule has 3 atom stereocenters. The summed E-state index contributed by atoms with van der Waals surface area (Å²) in [6.45, 7) is 0.146. The molecule has 2 bridgehead atoms. The van der Waals surface area contributed by atoms with E-state index in [1.807, 2.05) is 36.4 Å². The SMILES string of the molecule is O=C(CCc1ccccn1)N1[C@@H]2CC[C@H]1[C@](CO)(Cc1ccccc1)C2. The van der Waals surface area contributed by atoms with Gasteiger partial charge in [-0.05, 0) is 49.8 Å². The van der Waals surface area contributed by atoms with Gasteiger partial charge >= 0.3 is 0 Å². The highest BCUT2D eigenvalue weighted by Crippen LogP contribution is 2.51. The fourth-order valence-electron chi connectivity index (χ4n) is 5.00. The zero-order valence-corrected chi connectivity index (χ0v) is 15.1. The minimum absolute atomic E-state index is 0.146. The highest BCUT2D eigenvalue weighted by molar-refractivity contribution is 5.78. The first-order valence-electron chi connectivity index (χ1n) is 9.58. The number of pyridine rings is 1. The summed E-state index contributed by atoms with van der Waals surface area (Å²) in [6.07, 6.45) is 6.78. The summed E-state index contributed by atoms with van der Waals surface area (Å²) in [5.74, 6) is 0.214. The van der Waals surface area contributed by atoms with E-state index >= 15 is 0 Å². The van der Waals surface area contributed by atoms with Gasteiger partial charge < -0.3 is 10.0 Å². The molecule has 0 spiro atoms. The minimum Gasteiger partial charge on any atom is -0.396 e. The Kier molecular flexibility index (Phi) is 4.77. The van der Waals surface area contributed by atoms with Gasteiger partial charge in [0.2, 0.25) is 5.91 Å². The Balaban J connectivity index is 1.47. The third-order valence-electron chi connectivity index (χ3n) is 6.17. The number of benzene rings is 1. The van der Waals surface area contributed by atoms with Crippen LogP contribution in [-0.2, 0) is 17.6 Å². The molecule has 3 heterocycles. The third kappa shape index (κ3) is 3.14. The molecule has 2 aliphatic rings. The number of hydrogen-bond acceptors (Lipinski definition) is 3. The summed E-state index contributed by atoms with van der Waals surface area (Å²) in [5.41, 5.74) is 2.02. The molecule has 4 rings (SSSR count). The molecule has 4 nitrogen and oxygen atoms in total. The van der Waals surface area contributed by atoms with Crippen molar-refractivity contribution in [3.05, 3.63) is 66.0 Å². The molecule has 1 N–H and O–H groups in total. The second-order valence-electron chi connectivity index (χ2n) is 7.76. The maximum Gasteiger partial charge on any atom is 0.223 e. The van der Waals surface area contributed by atoms with Crippen molar-refractivity contribution in [2.45, 2.75) is 50.6 Å². The normalized spacial score (nSPS) is 27.0. The lowest BCUT2D eigenvalue weighted by atomic mass is 9.70. The van der Waals surface area contributed by atoms with Crippen molar-refractivity contribution in [2.24, 2.45) is 5.41 Å². The molecule has 1 amide bonds. The van der Waals surface area contributed by atoms with Crippen LogP contribution in [0.2, 0.25) is 0 Å². The summed E-state index contributed by atoms with van der Waals surface area (Å²) >= 11 is 0. The smallest absolute Gasteiger partial charge is 0.223 e. The first-order chi connectivity index (χ1) is 12.7. The summed E-state index contributed by atoms with van der Waals surface area (Å²) in [7, 11) is 0. The van der Waals surface area contributed by atoms with Crippen molar-refractivity contribution in [2.75, 3.05) is 6.61 Å². The lowest BCUT2D eigenvalue weighted by Crippen LogP contribution is -2.44. The summed E-state index contributed by atoms with van der Waals surface area (Å²) in [5, 5.41) is 10.3. The minimum atomic E-state index is -0.190. The van der Waals surface area contributed by atoms with Crippen LogP contribution in [0.5, 0.6) is 0 Å². The molecule has 2 saturated heterocycles. The second kappa shape index (κ2) is 7.20. The van der Waals surface area contributed by atoms with E-state index in [9.17, 15) is 9.90 Å². The van der Waals surface area contributed by atoms with Crippen molar-refractivity contribution < 1.29 is 9.90 Å². The molecular formula is C22H26N2O2. The molecule has 0 aliphatic carbocycles. The average molecular weight is 350 g/mol. The molecular weight excluding hydrogens is 324 g/mol. The van der Waals surface area contributed by atoms with Gasteiger partial charge in [-0.2, -0.15) is 0 Å². The van der Waals surface area contributed by atoms with Crippen LogP contribution in [0.15, 0.2) is 54.7 Å². The van der Waals surface area contributed by atoms with Crippen LogP contribution in [0.3, 0.4) is 0 Å². The van der Waals surface area contributed by atoms with E-state index in [4.69, 9.17) is 0 Å². The molecule has 0 saturated carbocycles. The van der Waals surface area contributed by atoms with Crippen molar-refractivity contribution in [1.82, 2.24) is 9.88 Å². The number of hydrogen-bond donors (Lipinski definition) is 1. The number of fused-ring (bicyclic) bond motifs is 2. The Morgan fingerprint density at radius 2 is 1.96 bits per heavy atom. The number of carbonyl (C=O) groups excluding carboxylic acids is 1. The van der Waals surface area contributed by atoms with E-state index < -0.39 is 0 Å². The summed E-state index contributed by atoms with van der Waals surface area (Å²) < 4.78 is 0. The van der Waals surface area contributed by atoms with Gasteiger partial charge in [-0.1, -0.05) is 36.4 Å². The van der Waals surface area contributed by atoms with Crippen LogP contribution in [0.25, 0.3) is 0 Å². The molecule has 1 aromatic carbocycles. The number of aliphatic hydroxyl groups excluding tert-OH is 1. The van der Waals surface area contributed by atoms with Gasteiger partial charge in [0, 0.05) is 35.8 Å². The predicted octanol–water partition coefficient (Wildman–Crippen LogP) is 3.00. The standard InChI is InChI=1S/C22H26N2O2/c25-16-22(14-17-6-2-1-3-7-17)15-19-10-11-20(22)24(19)21(26)12-9-18-8-4-5-13-23-18/h1-8,13,19-20,25H,9-12,14-16H2/t19-,20+,22-/m1/s1. The number of nitrogens with zero attached hydrogens (tertiary/aromatic N) is 2. The van der Waals surface area contributed by atoms with Crippen molar-refractivity contribution in [3.8, 4) is 0 Å². The molecule has 0 radical (unpaired) electrons. The second-order valence-corrected chi connectivity index (χ2v) is 7.76. The van der Waals surface area contributed by atoms with Crippen LogP contribution in [0.1, 0.15) is 36.9 Å². The lowest BCUT2D eigenvalue weighted by molar-refractivity contribution is -0.133. The monoisotopic (exact) mass is 350 g/mol. The Hall–Kier alpha value is -2.20. The molecule has 2 aromatic rings. The van der Waals surface area contributed by atoms with Crippen LogP contribution in [-0.4, -0.2) is 39.6 Å². The van der Waals surface area contributed by atoms with Gasteiger partial charge in [0.05, 0.1) is 6.61 Å². The molecule has 2 aliphatic heterocycles. The van der Waals surface area contributed by atoms with Crippen LogP contribution in [0.4, 0.5) is 0 Å². The molecule has 136 valence electrons. The molecule has 1 aromatic heterocycles. The van der Waals surface area contributed by atoms with Crippen molar-refractivity contribution in [3.63, 3.8) is 0 Å². The quantitative estimate of drug-likeness (QED) is 0.871. The van der Waals surface area contributed by atoms with Gasteiger partial charge in [0.1, 0.15) is 0 Å². The van der Waals surface area contributed by atoms with E-state index in [2.05, 4.69) is 22.0 Å². The third-order valence-corrected chi connectivity index (χ3v) is 6.17. The number of aromatic nitrogens is 1. The van der Waals surface area contributed by atoms with Gasteiger partial charge in [0.25, 0.3) is 0 Å². The zero-order valence-electron chi connectivity index (χ0n) is 15.1. The zero-order chi connectivity index (χ0) is 18.0. The topological polar surface area (TPSA) is 53.4 Å². The van der Waals surface area contributed by atoms with Gasteiger partial charge in [-0.3, -0.25) is 9.78 Å². The van der Waals surface area contributed by atoms with E-state index in [1.54, 1.807) is 6.20 Å². The first kappa shape index (κ1) is 17.2. The first-order valence-corrected chi connectivity index (χ1v) is 9.58. The van der Waals surface area contributed by atoms with E-state index in [-0.39, 0.29) is 30.0 Å². The summed E-state index contributed by atoms with van der Waals surface area (Å²) in [6, 6.07) is 16.6. The Bertz CT molecular complexity index is 749. The Morgan fingerprint density at radius 1 is 1.15 bits per heavy atom. The number of aliphatic hydroxyl groups is 1. The van der Waals surface area contributed by atoms with Crippen molar-refractivity contribution >= 4 is 5.91 Å². The van der Waals surface area contributed by atoms with Crippen LogP contribution < -0.4 is 0 Å². The summed E-state index contributed by atoms with van der Waals surface area (Å²) in [4.78, 5) is 19.4. The highest BCUT2D eigenvalue weighted by Gasteiger charge is 2.56. The number of aryl methyl sites for hydroxylation is 1. The number of carbonyl (C=O) groups is 1. The maximum atomic E-state index is 13.0. The van der Waals surface area contributed by atoms with Crippen LogP contribution >= 0.6 is 0 Å². The lowest BCUT2D eigenvalue weighted by Gasteiger charge is -2.36.